The molecule has 0 bridgehead atoms. The molecule has 4 nitrogen and oxygen atoms in total. The van der Waals surface area contributed by atoms with Gasteiger partial charge >= 0.3 is 0 Å². The van der Waals surface area contributed by atoms with Gasteiger partial charge in [-0.25, -0.2) is 0 Å². The SMILES string of the molecule is CCCC(NCC)c1ccc(OC)c(OC)c1OC. The molecule has 1 aromatic rings. The highest BCUT2D eigenvalue weighted by molar-refractivity contribution is 5.56. The van der Waals surface area contributed by atoms with Gasteiger partial charge in [-0.15, -0.1) is 0 Å². The molecule has 0 aliphatic rings. The third-order valence-corrected chi connectivity index (χ3v) is 3.14. The summed E-state index contributed by atoms with van der Waals surface area (Å²) in [5, 5.41) is 3.49. The Labute approximate surface area is 116 Å². The Morgan fingerprint density at radius 3 is 2.16 bits per heavy atom. The predicted octanol–water partition coefficient (Wildman–Crippen LogP) is 3.16. The molecule has 0 radical (unpaired) electrons. The van der Waals surface area contributed by atoms with Crippen LogP contribution in [0.5, 0.6) is 17.2 Å². The molecule has 108 valence electrons. The minimum absolute atomic E-state index is 0.268. The minimum Gasteiger partial charge on any atom is -0.493 e. The average molecular weight is 267 g/mol. The molecule has 0 spiro atoms. The zero-order valence-electron chi connectivity index (χ0n) is 12.6. The molecular formula is C15H25NO3. The van der Waals surface area contributed by atoms with Gasteiger partial charge in [0.25, 0.3) is 0 Å². The maximum absolute atomic E-state index is 5.54. The summed E-state index contributed by atoms with van der Waals surface area (Å²) < 4.78 is 16.3. The highest BCUT2D eigenvalue weighted by Crippen LogP contribution is 2.42. The van der Waals surface area contributed by atoms with Gasteiger partial charge in [-0.2, -0.15) is 0 Å². The molecule has 4 heteroatoms. The molecule has 0 heterocycles. The van der Waals surface area contributed by atoms with Crippen LogP contribution in [0.4, 0.5) is 0 Å². The van der Waals surface area contributed by atoms with Crippen molar-refractivity contribution in [3.05, 3.63) is 17.7 Å². The van der Waals surface area contributed by atoms with Gasteiger partial charge < -0.3 is 19.5 Å². The van der Waals surface area contributed by atoms with Crippen LogP contribution in [0.15, 0.2) is 12.1 Å². The van der Waals surface area contributed by atoms with E-state index in [1.54, 1.807) is 21.3 Å². The lowest BCUT2D eigenvalue weighted by atomic mass is 10.00. The summed E-state index contributed by atoms with van der Waals surface area (Å²) in [5.74, 6) is 2.10. The number of hydrogen-bond donors (Lipinski definition) is 1. The van der Waals surface area contributed by atoms with E-state index in [9.17, 15) is 0 Å². The summed E-state index contributed by atoms with van der Waals surface area (Å²) in [4.78, 5) is 0. The molecule has 1 rings (SSSR count). The minimum atomic E-state index is 0.268. The Balaban J connectivity index is 3.24. The molecule has 0 saturated heterocycles. The number of ether oxygens (including phenoxy) is 3. The normalized spacial score (nSPS) is 12.1. The number of nitrogens with one attached hydrogen (secondary N) is 1. The van der Waals surface area contributed by atoms with Crippen molar-refractivity contribution in [1.82, 2.24) is 5.32 Å². The molecule has 1 aromatic carbocycles. The van der Waals surface area contributed by atoms with Gasteiger partial charge in [-0.05, 0) is 25.1 Å². The van der Waals surface area contributed by atoms with Crippen molar-refractivity contribution in [3.63, 3.8) is 0 Å². The number of rotatable bonds is 8. The molecule has 0 aliphatic carbocycles. The van der Waals surface area contributed by atoms with E-state index >= 15 is 0 Å². The number of benzene rings is 1. The molecule has 0 fully saturated rings. The van der Waals surface area contributed by atoms with E-state index in [1.807, 2.05) is 12.1 Å². The first-order valence-electron chi connectivity index (χ1n) is 6.75. The summed E-state index contributed by atoms with van der Waals surface area (Å²) >= 11 is 0. The predicted molar refractivity (Wildman–Crippen MR) is 77.4 cm³/mol. The molecule has 0 aliphatic heterocycles. The number of methoxy groups -OCH3 is 3. The highest BCUT2D eigenvalue weighted by Gasteiger charge is 2.21. The maximum atomic E-state index is 5.54. The molecule has 1 unspecified atom stereocenters. The quantitative estimate of drug-likeness (QED) is 0.785. The second-order valence-electron chi connectivity index (χ2n) is 4.32. The summed E-state index contributed by atoms with van der Waals surface area (Å²) in [6.07, 6.45) is 2.16. The largest absolute Gasteiger partial charge is 0.493 e. The van der Waals surface area contributed by atoms with Gasteiger partial charge in [-0.1, -0.05) is 20.3 Å². The smallest absolute Gasteiger partial charge is 0.203 e. The Morgan fingerprint density at radius 1 is 1.00 bits per heavy atom. The third kappa shape index (κ3) is 3.53. The van der Waals surface area contributed by atoms with Crippen LogP contribution in [0.25, 0.3) is 0 Å². The van der Waals surface area contributed by atoms with Crippen LogP contribution in [0.3, 0.4) is 0 Å². The second kappa shape index (κ2) is 7.89. The van der Waals surface area contributed by atoms with Gasteiger partial charge in [0.05, 0.1) is 21.3 Å². The van der Waals surface area contributed by atoms with E-state index in [2.05, 4.69) is 19.2 Å². The first-order valence-corrected chi connectivity index (χ1v) is 6.75. The molecule has 1 N–H and O–H groups in total. The van der Waals surface area contributed by atoms with Crippen molar-refractivity contribution < 1.29 is 14.2 Å². The van der Waals surface area contributed by atoms with Gasteiger partial charge in [0, 0.05) is 11.6 Å². The summed E-state index contributed by atoms with van der Waals surface area (Å²) in [6, 6.07) is 4.24. The molecule has 1 atom stereocenters. The molecular weight excluding hydrogens is 242 g/mol. The van der Waals surface area contributed by atoms with E-state index in [0.717, 1.165) is 30.7 Å². The first-order chi connectivity index (χ1) is 9.23. The van der Waals surface area contributed by atoms with E-state index < -0.39 is 0 Å². The number of hydrogen-bond acceptors (Lipinski definition) is 4. The molecule has 0 aromatic heterocycles. The van der Waals surface area contributed by atoms with E-state index in [1.165, 1.54) is 0 Å². The third-order valence-electron chi connectivity index (χ3n) is 3.14. The topological polar surface area (TPSA) is 39.7 Å². The summed E-state index contributed by atoms with van der Waals surface area (Å²) in [7, 11) is 4.92. The molecule has 0 amide bonds. The van der Waals surface area contributed by atoms with E-state index in [4.69, 9.17) is 14.2 Å². The fourth-order valence-corrected chi connectivity index (χ4v) is 2.30. The van der Waals surface area contributed by atoms with Crippen LogP contribution in [0.2, 0.25) is 0 Å². The standard InChI is InChI=1S/C15H25NO3/c1-6-8-12(16-7-2)11-9-10-13(17-3)15(19-5)14(11)18-4/h9-10,12,16H,6-8H2,1-5H3. The van der Waals surface area contributed by atoms with Gasteiger partial charge in [0.2, 0.25) is 5.75 Å². The molecule has 0 saturated carbocycles. The van der Waals surface area contributed by atoms with Crippen molar-refractivity contribution in [3.8, 4) is 17.2 Å². The van der Waals surface area contributed by atoms with Crippen molar-refractivity contribution >= 4 is 0 Å². The lowest BCUT2D eigenvalue weighted by Crippen LogP contribution is -2.21. The zero-order chi connectivity index (χ0) is 14.3. The van der Waals surface area contributed by atoms with Crippen LogP contribution < -0.4 is 19.5 Å². The van der Waals surface area contributed by atoms with Gasteiger partial charge in [-0.3, -0.25) is 0 Å². The maximum Gasteiger partial charge on any atom is 0.203 e. The molecule has 19 heavy (non-hydrogen) atoms. The zero-order valence-corrected chi connectivity index (χ0v) is 12.6. The van der Waals surface area contributed by atoms with Crippen LogP contribution in [-0.2, 0) is 0 Å². The van der Waals surface area contributed by atoms with Crippen LogP contribution in [-0.4, -0.2) is 27.9 Å². The van der Waals surface area contributed by atoms with Crippen molar-refractivity contribution in [1.29, 1.82) is 0 Å². The summed E-state index contributed by atoms with van der Waals surface area (Å²) in [5.41, 5.74) is 1.11. The van der Waals surface area contributed by atoms with Crippen molar-refractivity contribution in [2.24, 2.45) is 0 Å². The van der Waals surface area contributed by atoms with Crippen molar-refractivity contribution in [2.75, 3.05) is 27.9 Å². The summed E-state index contributed by atoms with van der Waals surface area (Å²) in [6.45, 7) is 5.20. The highest BCUT2D eigenvalue weighted by atomic mass is 16.5. The Hall–Kier alpha value is -1.42. The van der Waals surface area contributed by atoms with Crippen LogP contribution in [0.1, 0.15) is 38.3 Å². The Kier molecular flexibility index (Phi) is 6.50. The second-order valence-corrected chi connectivity index (χ2v) is 4.32. The average Bonchev–Trinajstić information content (AvgIpc) is 2.45. The Bertz CT molecular complexity index is 387. The fourth-order valence-electron chi connectivity index (χ4n) is 2.30. The Morgan fingerprint density at radius 2 is 1.68 bits per heavy atom. The van der Waals surface area contributed by atoms with Gasteiger partial charge in [0.1, 0.15) is 0 Å². The first kappa shape index (κ1) is 15.6. The lowest BCUT2D eigenvalue weighted by Gasteiger charge is -2.22. The van der Waals surface area contributed by atoms with Crippen LogP contribution >= 0.6 is 0 Å². The lowest BCUT2D eigenvalue weighted by molar-refractivity contribution is 0.318. The fraction of sp³-hybridized carbons (Fsp3) is 0.600. The van der Waals surface area contributed by atoms with Gasteiger partial charge in [0.15, 0.2) is 11.5 Å². The van der Waals surface area contributed by atoms with E-state index in [-0.39, 0.29) is 6.04 Å². The van der Waals surface area contributed by atoms with Crippen LogP contribution in [0, 0.1) is 0 Å². The van der Waals surface area contributed by atoms with Crippen molar-refractivity contribution in [2.45, 2.75) is 32.7 Å². The monoisotopic (exact) mass is 267 g/mol. The van der Waals surface area contributed by atoms with E-state index in [0.29, 0.717) is 11.5 Å².